The summed E-state index contributed by atoms with van der Waals surface area (Å²) in [4.78, 5) is 11.4. The largest absolute Gasteiger partial charge is 0.307 e. The summed E-state index contributed by atoms with van der Waals surface area (Å²) in [6.07, 6.45) is 0. The third-order valence-corrected chi connectivity index (χ3v) is 2.01. The molecule has 1 N–H and O–H groups in total. The van der Waals surface area contributed by atoms with Gasteiger partial charge in [0, 0.05) is 6.04 Å². The minimum Gasteiger partial charge on any atom is -0.307 e. The van der Waals surface area contributed by atoms with Gasteiger partial charge < -0.3 is 5.32 Å². The summed E-state index contributed by atoms with van der Waals surface area (Å²) in [6.45, 7) is 3.52. The number of benzene rings is 1. The van der Waals surface area contributed by atoms with Crippen molar-refractivity contribution in [2.24, 2.45) is 0 Å². The van der Waals surface area contributed by atoms with E-state index >= 15 is 0 Å². The maximum absolute atomic E-state index is 13.2. The molecule has 88 valence electrons. The molecule has 0 fully saturated rings. The van der Waals surface area contributed by atoms with Crippen molar-refractivity contribution in [1.82, 2.24) is 5.32 Å². The van der Waals surface area contributed by atoms with Gasteiger partial charge in [-0.15, -0.1) is 0 Å². The molecule has 16 heavy (non-hydrogen) atoms. The van der Waals surface area contributed by atoms with E-state index in [0.29, 0.717) is 0 Å². The van der Waals surface area contributed by atoms with Crippen molar-refractivity contribution in [2.45, 2.75) is 19.9 Å². The molecule has 0 saturated heterocycles. The van der Waals surface area contributed by atoms with E-state index < -0.39 is 28.8 Å². The Balaban J connectivity index is 2.88. The molecule has 5 heteroatoms. The molecule has 0 radical (unpaired) electrons. The number of hydrogen-bond acceptors (Lipinski definition) is 2. The molecule has 2 nitrogen and oxygen atoms in total. The highest BCUT2D eigenvalue weighted by Crippen LogP contribution is 2.15. The predicted molar refractivity (Wildman–Crippen MR) is 53.8 cm³/mol. The van der Waals surface area contributed by atoms with E-state index in [9.17, 15) is 18.0 Å². The number of carbonyl (C=O) groups is 1. The van der Waals surface area contributed by atoms with Gasteiger partial charge in [0.15, 0.2) is 23.2 Å². The summed E-state index contributed by atoms with van der Waals surface area (Å²) in [6, 6.07) is 1.73. The van der Waals surface area contributed by atoms with Crippen LogP contribution in [0.1, 0.15) is 24.2 Å². The molecule has 0 unspecified atom stereocenters. The van der Waals surface area contributed by atoms with E-state index in [1.54, 1.807) is 0 Å². The number of nitrogens with one attached hydrogen (secondary N) is 1. The maximum Gasteiger partial charge on any atom is 0.195 e. The van der Waals surface area contributed by atoms with Crippen LogP contribution >= 0.6 is 0 Å². The summed E-state index contributed by atoms with van der Waals surface area (Å²) in [5, 5.41) is 2.77. The fraction of sp³-hybridized carbons (Fsp3) is 0.364. The van der Waals surface area contributed by atoms with Gasteiger partial charge in [-0.05, 0) is 12.1 Å². The second kappa shape index (κ2) is 5.12. The minimum absolute atomic E-state index is 0.0531. The van der Waals surface area contributed by atoms with Crippen molar-refractivity contribution in [2.75, 3.05) is 6.54 Å². The van der Waals surface area contributed by atoms with Crippen LogP contribution in [0.2, 0.25) is 0 Å². The summed E-state index contributed by atoms with van der Waals surface area (Å²) >= 11 is 0. The van der Waals surface area contributed by atoms with Gasteiger partial charge in [-0.1, -0.05) is 13.8 Å². The fourth-order valence-electron chi connectivity index (χ4n) is 1.13. The van der Waals surface area contributed by atoms with Crippen LogP contribution in [-0.2, 0) is 0 Å². The molecule has 0 aromatic heterocycles. The molecule has 0 heterocycles. The van der Waals surface area contributed by atoms with Gasteiger partial charge in [0.2, 0.25) is 0 Å². The zero-order valence-corrected chi connectivity index (χ0v) is 8.98. The number of carbonyl (C=O) groups excluding carboxylic acids is 1. The fourth-order valence-corrected chi connectivity index (χ4v) is 1.13. The molecule has 0 aliphatic rings. The topological polar surface area (TPSA) is 29.1 Å². The van der Waals surface area contributed by atoms with Crippen LogP contribution in [0.4, 0.5) is 13.2 Å². The summed E-state index contributed by atoms with van der Waals surface area (Å²) in [7, 11) is 0. The van der Waals surface area contributed by atoms with Crippen molar-refractivity contribution in [1.29, 1.82) is 0 Å². The van der Waals surface area contributed by atoms with Gasteiger partial charge >= 0.3 is 0 Å². The SMILES string of the molecule is CC(C)NCC(=O)c1ccc(F)c(F)c1F. The second-order valence-electron chi connectivity index (χ2n) is 3.68. The Hall–Kier alpha value is -1.36. The Morgan fingerprint density at radius 3 is 2.44 bits per heavy atom. The van der Waals surface area contributed by atoms with Crippen LogP contribution in [-0.4, -0.2) is 18.4 Å². The predicted octanol–water partition coefficient (Wildman–Crippen LogP) is 2.28. The molecule has 1 aromatic rings. The Bertz CT molecular complexity index is 404. The number of rotatable bonds is 4. The summed E-state index contributed by atoms with van der Waals surface area (Å²) in [5.74, 6) is -4.96. The molecule has 0 bridgehead atoms. The molecule has 0 aliphatic carbocycles. The number of ketones is 1. The Kier molecular flexibility index (Phi) is 4.06. The average Bonchev–Trinajstić information content (AvgIpc) is 2.23. The van der Waals surface area contributed by atoms with E-state index in [1.165, 1.54) is 0 Å². The first kappa shape index (κ1) is 12.7. The highest BCUT2D eigenvalue weighted by molar-refractivity contribution is 5.97. The van der Waals surface area contributed by atoms with Crippen LogP contribution < -0.4 is 5.32 Å². The summed E-state index contributed by atoms with van der Waals surface area (Å²) in [5.41, 5.74) is -0.438. The Morgan fingerprint density at radius 1 is 1.25 bits per heavy atom. The monoisotopic (exact) mass is 231 g/mol. The molecule has 0 saturated carbocycles. The van der Waals surface area contributed by atoms with Crippen molar-refractivity contribution in [3.8, 4) is 0 Å². The molecule has 1 aromatic carbocycles. The van der Waals surface area contributed by atoms with Gasteiger partial charge in [-0.25, -0.2) is 13.2 Å². The minimum atomic E-state index is -1.62. The Labute approximate surface area is 91.5 Å². The number of hydrogen-bond donors (Lipinski definition) is 1. The first-order valence-corrected chi connectivity index (χ1v) is 4.83. The molecular weight excluding hydrogens is 219 g/mol. The zero-order chi connectivity index (χ0) is 12.3. The van der Waals surface area contributed by atoms with Crippen LogP contribution in [0.15, 0.2) is 12.1 Å². The highest BCUT2D eigenvalue weighted by atomic mass is 19.2. The van der Waals surface area contributed by atoms with Gasteiger partial charge in [-0.3, -0.25) is 4.79 Å². The lowest BCUT2D eigenvalue weighted by Gasteiger charge is -2.08. The van der Waals surface area contributed by atoms with E-state index in [0.717, 1.165) is 12.1 Å². The normalized spacial score (nSPS) is 10.9. The van der Waals surface area contributed by atoms with E-state index in [1.807, 2.05) is 13.8 Å². The smallest absolute Gasteiger partial charge is 0.195 e. The average molecular weight is 231 g/mol. The third kappa shape index (κ3) is 2.82. The standard InChI is InChI=1S/C11H12F3NO/c1-6(2)15-5-9(16)7-3-4-8(12)11(14)10(7)13/h3-4,6,15H,5H2,1-2H3. The maximum atomic E-state index is 13.2. The molecule has 1 rings (SSSR count). The van der Waals surface area contributed by atoms with E-state index in [4.69, 9.17) is 0 Å². The lowest BCUT2D eigenvalue weighted by molar-refractivity contribution is 0.0983. The molecule has 0 spiro atoms. The number of halogens is 3. The van der Waals surface area contributed by atoms with Crippen LogP contribution in [0.25, 0.3) is 0 Å². The Morgan fingerprint density at radius 2 is 1.88 bits per heavy atom. The van der Waals surface area contributed by atoms with Crippen LogP contribution in [0.3, 0.4) is 0 Å². The lowest BCUT2D eigenvalue weighted by Crippen LogP contribution is -2.29. The molecule has 0 amide bonds. The van der Waals surface area contributed by atoms with E-state index in [2.05, 4.69) is 5.32 Å². The first-order chi connectivity index (χ1) is 7.43. The highest BCUT2D eigenvalue weighted by Gasteiger charge is 2.18. The third-order valence-electron chi connectivity index (χ3n) is 2.01. The van der Waals surface area contributed by atoms with Crippen LogP contribution in [0, 0.1) is 17.5 Å². The first-order valence-electron chi connectivity index (χ1n) is 4.83. The molecular formula is C11H12F3NO. The quantitative estimate of drug-likeness (QED) is 0.636. The van der Waals surface area contributed by atoms with Crippen molar-refractivity contribution < 1.29 is 18.0 Å². The number of Topliss-reactive ketones (excluding diaryl/α,β-unsaturated/α-hetero) is 1. The summed E-state index contributed by atoms with van der Waals surface area (Å²) < 4.78 is 38.6. The molecule has 0 aliphatic heterocycles. The zero-order valence-electron chi connectivity index (χ0n) is 8.98. The molecule has 0 atom stereocenters. The van der Waals surface area contributed by atoms with Gasteiger partial charge in [-0.2, -0.15) is 0 Å². The lowest BCUT2D eigenvalue weighted by atomic mass is 10.1. The second-order valence-corrected chi connectivity index (χ2v) is 3.68. The van der Waals surface area contributed by atoms with Gasteiger partial charge in [0.25, 0.3) is 0 Å². The van der Waals surface area contributed by atoms with Gasteiger partial charge in [0.1, 0.15) is 0 Å². The van der Waals surface area contributed by atoms with Crippen molar-refractivity contribution in [3.05, 3.63) is 35.1 Å². The van der Waals surface area contributed by atoms with Gasteiger partial charge in [0.05, 0.1) is 12.1 Å². The van der Waals surface area contributed by atoms with Crippen molar-refractivity contribution in [3.63, 3.8) is 0 Å². The van der Waals surface area contributed by atoms with Crippen LogP contribution in [0.5, 0.6) is 0 Å². The van der Waals surface area contributed by atoms with Crippen molar-refractivity contribution >= 4 is 5.78 Å². The van der Waals surface area contributed by atoms with E-state index in [-0.39, 0.29) is 12.6 Å².